The zero-order chi connectivity index (χ0) is 11.8. The van der Waals surface area contributed by atoms with Crippen LogP contribution in [-0.2, 0) is 4.79 Å². The Kier molecular flexibility index (Phi) is 5.07. The maximum atomic E-state index is 10.0. The van der Waals surface area contributed by atoms with Crippen molar-refractivity contribution in [3.63, 3.8) is 0 Å². The van der Waals surface area contributed by atoms with Gasteiger partial charge in [0.2, 0.25) is 6.41 Å². The fourth-order valence-electron chi connectivity index (χ4n) is 1.10. The molecule has 1 amide bonds. The van der Waals surface area contributed by atoms with Crippen LogP contribution in [0.2, 0.25) is 0 Å². The smallest absolute Gasteiger partial charge is 0.225 e. The molecule has 0 aliphatic carbocycles. The molecule has 0 bridgehead atoms. The van der Waals surface area contributed by atoms with E-state index in [1.54, 1.807) is 0 Å². The highest BCUT2D eigenvalue weighted by atomic mass is 32.1. The molecule has 0 aliphatic rings. The van der Waals surface area contributed by atoms with Crippen molar-refractivity contribution in [3.05, 3.63) is 24.3 Å². The molecule has 0 unspecified atom stereocenters. The van der Waals surface area contributed by atoms with E-state index in [4.69, 9.17) is 17.0 Å². The van der Waals surface area contributed by atoms with Crippen LogP contribution in [0.15, 0.2) is 24.3 Å². The van der Waals surface area contributed by atoms with Crippen LogP contribution in [0.25, 0.3) is 0 Å². The number of hydrogen-bond donors (Lipinski definition) is 3. The summed E-state index contributed by atoms with van der Waals surface area (Å²) in [5, 5.41) is 3.20. The molecule has 3 N–H and O–H groups in total. The first-order valence-electron chi connectivity index (χ1n) is 4.76. The van der Waals surface area contributed by atoms with Crippen LogP contribution in [0, 0.1) is 0 Å². The molecule has 16 heavy (non-hydrogen) atoms. The summed E-state index contributed by atoms with van der Waals surface area (Å²) in [5.41, 5.74) is 5.49. The Labute approximate surface area is 99.1 Å². The second-order valence-corrected chi connectivity index (χ2v) is 3.18. The average Bonchev–Trinajstić information content (AvgIpc) is 2.29. The topological polar surface area (TPSA) is 62.4 Å². The van der Waals surface area contributed by atoms with Gasteiger partial charge in [-0.25, -0.2) is 0 Å². The Balaban J connectivity index is 2.64. The van der Waals surface area contributed by atoms with Crippen LogP contribution >= 0.6 is 12.2 Å². The van der Waals surface area contributed by atoms with Crippen molar-refractivity contribution >= 4 is 29.4 Å². The molecular weight excluding hydrogens is 226 g/mol. The summed E-state index contributed by atoms with van der Waals surface area (Å²) in [4.78, 5) is 10.0. The first kappa shape index (κ1) is 12.3. The highest BCUT2D eigenvalue weighted by Gasteiger charge is 2.03. The number of amides is 1. The van der Waals surface area contributed by atoms with Crippen LogP contribution in [0.3, 0.4) is 0 Å². The minimum atomic E-state index is 0.291. The first-order valence-corrected chi connectivity index (χ1v) is 5.16. The van der Waals surface area contributed by atoms with Gasteiger partial charge in [-0.15, -0.1) is 0 Å². The van der Waals surface area contributed by atoms with E-state index in [9.17, 15) is 4.79 Å². The van der Waals surface area contributed by atoms with Gasteiger partial charge in [0.05, 0.1) is 12.3 Å². The summed E-state index contributed by atoms with van der Waals surface area (Å²) >= 11 is 4.95. The lowest BCUT2D eigenvalue weighted by Crippen LogP contribution is -2.39. The molecule has 0 heterocycles. The number of nitrogens with one attached hydrogen (secondary N) is 3. The second kappa shape index (κ2) is 6.62. The standard InChI is InChI=1S/C10H13N3O2S/c1-2-15-9-6-4-3-5-8(9)12-10(16)13-11-7-14/h3-7H,2H2,1H3,(H,11,14)(H2,12,13,16). The van der Waals surface area contributed by atoms with Gasteiger partial charge in [0, 0.05) is 0 Å². The highest BCUT2D eigenvalue weighted by molar-refractivity contribution is 7.80. The number of hydrogen-bond acceptors (Lipinski definition) is 3. The summed E-state index contributed by atoms with van der Waals surface area (Å²) < 4.78 is 5.40. The average molecular weight is 239 g/mol. The quantitative estimate of drug-likeness (QED) is 0.407. The number of anilines is 1. The van der Waals surface area contributed by atoms with Crippen LogP contribution in [0.1, 0.15) is 6.92 Å². The van der Waals surface area contributed by atoms with Crippen molar-refractivity contribution in [3.8, 4) is 5.75 Å². The predicted molar refractivity (Wildman–Crippen MR) is 66.2 cm³/mol. The van der Waals surface area contributed by atoms with Crippen molar-refractivity contribution < 1.29 is 9.53 Å². The van der Waals surface area contributed by atoms with Crippen LogP contribution in [-0.4, -0.2) is 18.1 Å². The lowest BCUT2D eigenvalue weighted by atomic mass is 10.3. The molecule has 86 valence electrons. The molecule has 0 atom stereocenters. The molecule has 1 aromatic rings. The predicted octanol–water partition coefficient (Wildman–Crippen LogP) is 1.03. The first-order chi connectivity index (χ1) is 7.77. The third kappa shape index (κ3) is 3.74. The van der Waals surface area contributed by atoms with Gasteiger partial charge in [-0.3, -0.25) is 15.6 Å². The Morgan fingerprint density at radius 3 is 2.94 bits per heavy atom. The molecular formula is C10H13N3O2S. The molecule has 0 radical (unpaired) electrons. The lowest BCUT2D eigenvalue weighted by Gasteiger charge is -2.13. The van der Waals surface area contributed by atoms with Crippen molar-refractivity contribution in [2.75, 3.05) is 11.9 Å². The maximum absolute atomic E-state index is 10.0. The fourth-order valence-corrected chi connectivity index (χ4v) is 1.27. The van der Waals surface area contributed by atoms with E-state index in [0.29, 0.717) is 23.9 Å². The summed E-state index contributed by atoms with van der Waals surface area (Å²) in [7, 11) is 0. The van der Waals surface area contributed by atoms with Gasteiger partial charge in [0.15, 0.2) is 5.11 Å². The minimum Gasteiger partial charge on any atom is -0.492 e. The fraction of sp³-hybridized carbons (Fsp3) is 0.200. The highest BCUT2D eigenvalue weighted by Crippen LogP contribution is 2.23. The summed E-state index contributed by atoms with van der Waals surface area (Å²) in [6, 6.07) is 7.40. The SMILES string of the molecule is CCOc1ccccc1NC(=S)NNC=O. The summed E-state index contributed by atoms with van der Waals surface area (Å²) in [6.45, 7) is 2.48. The molecule has 5 nitrogen and oxygen atoms in total. The number of rotatable bonds is 5. The third-order valence-electron chi connectivity index (χ3n) is 1.68. The number of thiocarbonyl (C=S) groups is 1. The van der Waals surface area contributed by atoms with E-state index >= 15 is 0 Å². The van der Waals surface area contributed by atoms with E-state index < -0.39 is 0 Å². The van der Waals surface area contributed by atoms with E-state index in [1.807, 2.05) is 31.2 Å². The largest absolute Gasteiger partial charge is 0.492 e. The third-order valence-corrected chi connectivity index (χ3v) is 1.88. The molecule has 6 heteroatoms. The molecule has 1 aromatic carbocycles. The van der Waals surface area contributed by atoms with Gasteiger partial charge in [-0.05, 0) is 31.3 Å². The van der Waals surface area contributed by atoms with Gasteiger partial charge in [0.1, 0.15) is 5.75 Å². The normalized spacial score (nSPS) is 9.06. The van der Waals surface area contributed by atoms with E-state index in [0.717, 1.165) is 5.69 Å². The molecule has 1 rings (SSSR count). The summed E-state index contributed by atoms with van der Waals surface area (Å²) in [6.07, 6.45) is 0.502. The Bertz CT molecular complexity index is 371. The van der Waals surface area contributed by atoms with Gasteiger partial charge in [0.25, 0.3) is 0 Å². The van der Waals surface area contributed by atoms with Gasteiger partial charge in [-0.1, -0.05) is 12.1 Å². The van der Waals surface area contributed by atoms with Crippen molar-refractivity contribution in [1.29, 1.82) is 0 Å². The maximum Gasteiger partial charge on any atom is 0.225 e. The zero-order valence-electron chi connectivity index (χ0n) is 8.82. The number of para-hydroxylation sites is 2. The van der Waals surface area contributed by atoms with Gasteiger partial charge in [-0.2, -0.15) is 0 Å². The molecule has 0 spiro atoms. The Hall–Kier alpha value is -1.82. The monoisotopic (exact) mass is 239 g/mol. The molecule has 0 fully saturated rings. The van der Waals surface area contributed by atoms with Crippen molar-refractivity contribution in [1.82, 2.24) is 10.9 Å². The Morgan fingerprint density at radius 1 is 1.50 bits per heavy atom. The minimum absolute atomic E-state index is 0.291. The van der Waals surface area contributed by atoms with Gasteiger partial charge < -0.3 is 10.1 Å². The number of carbonyl (C=O) groups is 1. The number of carbonyl (C=O) groups excluding carboxylic acids is 1. The zero-order valence-corrected chi connectivity index (χ0v) is 9.64. The van der Waals surface area contributed by atoms with Crippen molar-refractivity contribution in [2.24, 2.45) is 0 Å². The number of hydrazine groups is 1. The Morgan fingerprint density at radius 2 is 2.25 bits per heavy atom. The van der Waals surface area contributed by atoms with Crippen LogP contribution < -0.4 is 20.9 Å². The molecule has 0 saturated carbocycles. The molecule has 0 aromatic heterocycles. The molecule has 0 saturated heterocycles. The van der Waals surface area contributed by atoms with Crippen LogP contribution in [0.4, 0.5) is 5.69 Å². The number of ether oxygens (including phenoxy) is 1. The van der Waals surface area contributed by atoms with Gasteiger partial charge >= 0.3 is 0 Å². The summed E-state index contributed by atoms with van der Waals surface area (Å²) in [5.74, 6) is 0.709. The second-order valence-electron chi connectivity index (χ2n) is 2.77. The van der Waals surface area contributed by atoms with E-state index in [2.05, 4.69) is 16.2 Å². The lowest BCUT2D eigenvalue weighted by molar-refractivity contribution is -0.110. The van der Waals surface area contributed by atoms with E-state index in [-0.39, 0.29) is 0 Å². The van der Waals surface area contributed by atoms with E-state index in [1.165, 1.54) is 0 Å². The molecule has 0 aliphatic heterocycles. The number of benzene rings is 1. The van der Waals surface area contributed by atoms with Crippen LogP contribution in [0.5, 0.6) is 5.75 Å². The van der Waals surface area contributed by atoms with Crippen molar-refractivity contribution in [2.45, 2.75) is 6.92 Å².